The molecule has 216 valence electrons. The number of anilines is 4. The lowest BCUT2D eigenvalue weighted by Crippen LogP contribution is -2.47. The molecule has 0 saturated carbocycles. The largest absolute Gasteiger partial charge is 0.495 e. The van der Waals surface area contributed by atoms with Gasteiger partial charge < -0.3 is 35.2 Å². The van der Waals surface area contributed by atoms with E-state index in [1.165, 1.54) is 18.2 Å². The summed E-state index contributed by atoms with van der Waals surface area (Å²) in [5, 5.41) is 8.30. The summed E-state index contributed by atoms with van der Waals surface area (Å²) in [6.45, 7) is 4.02. The van der Waals surface area contributed by atoms with E-state index in [-0.39, 0.29) is 17.0 Å². The van der Waals surface area contributed by atoms with Gasteiger partial charge in [-0.3, -0.25) is 4.79 Å². The van der Waals surface area contributed by atoms with Crippen molar-refractivity contribution in [1.29, 1.82) is 0 Å². The molecule has 1 unspecified atom stereocenters. The molecule has 0 bridgehead atoms. The third-order valence-electron chi connectivity index (χ3n) is 7.24. The molecule has 2 saturated heterocycles. The average Bonchev–Trinajstić information content (AvgIpc) is 3.52. The quantitative estimate of drug-likeness (QED) is 0.331. The number of hydrogen-bond donors (Lipinski definition) is 3. The molecular weight excluding hydrogens is 549 g/mol. The van der Waals surface area contributed by atoms with Crippen LogP contribution in [0.1, 0.15) is 23.2 Å². The van der Waals surface area contributed by atoms with Gasteiger partial charge >= 0.3 is 6.03 Å². The van der Waals surface area contributed by atoms with Crippen LogP contribution in [0, 0.1) is 5.82 Å². The number of para-hydroxylation sites is 2. The zero-order valence-corrected chi connectivity index (χ0v) is 23.5. The normalized spacial score (nSPS) is 16.8. The first kappa shape index (κ1) is 28.5. The van der Waals surface area contributed by atoms with Gasteiger partial charge in [-0.15, -0.1) is 0 Å². The summed E-state index contributed by atoms with van der Waals surface area (Å²) in [6, 6.07) is 16.6. The number of nitrogens with one attached hydrogen (secondary N) is 3. The molecule has 0 radical (unpaired) electrons. The van der Waals surface area contributed by atoms with E-state index in [1.807, 2.05) is 30.3 Å². The second-order valence-electron chi connectivity index (χ2n) is 9.93. The van der Waals surface area contributed by atoms with Crippen molar-refractivity contribution in [2.75, 3.05) is 66.9 Å². The zero-order valence-electron chi connectivity index (χ0n) is 22.8. The van der Waals surface area contributed by atoms with Crippen LogP contribution in [0.3, 0.4) is 0 Å². The summed E-state index contributed by atoms with van der Waals surface area (Å²) >= 11 is 5.83. The van der Waals surface area contributed by atoms with Crippen LogP contribution in [0.25, 0.3) is 0 Å². The first-order chi connectivity index (χ1) is 19.9. The number of amides is 3. The van der Waals surface area contributed by atoms with Crippen LogP contribution in [0.5, 0.6) is 5.75 Å². The van der Waals surface area contributed by atoms with Crippen molar-refractivity contribution >= 4 is 46.3 Å². The Morgan fingerprint density at radius 1 is 0.976 bits per heavy atom. The minimum atomic E-state index is -0.574. The molecule has 3 aromatic rings. The van der Waals surface area contributed by atoms with E-state index in [0.29, 0.717) is 43.2 Å². The van der Waals surface area contributed by atoms with E-state index < -0.39 is 11.8 Å². The fourth-order valence-corrected chi connectivity index (χ4v) is 5.31. The van der Waals surface area contributed by atoms with Crippen molar-refractivity contribution in [3.63, 3.8) is 0 Å². The number of urea groups is 1. The summed E-state index contributed by atoms with van der Waals surface area (Å²) in [5.41, 5.74) is 3.06. The Bertz CT molecular complexity index is 1390. The molecule has 9 nitrogen and oxygen atoms in total. The van der Waals surface area contributed by atoms with E-state index in [0.717, 1.165) is 43.1 Å². The number of nitrogens with zero attached hydrogens (tertiary/aromatic N) is 2. The van der Waals surface area contributed by atoms with Crippen molar-refractivity contribution in [2.45, 2.75) is 18.9 Å². The number of piperazine rings is 1. The van der Waals surface area contributed by atoms with E-state index in [2.05, 4.69) is 25.8 Å². The van der Waals surface area contributed by atoms with Gasteiger partial charge in [-0.25, -0.2) is 9.18 Å². The number of benzene rings is 3. The highest BCUT2D eigenvalue weighted by Crippen LogP contribution is 2.31. The van der Waals surface area contributed by atoms with Gasteiger partial charge in [0.15, 0.2) is 0 Å². The fourth-order valence-electron chi connectivity index (χ4n) is 5.13. The van der Waals surface area contributed by atoms with Crippen molar-refractivity contribution in [1.82, 2.24) is 5.32 Å². The highest BCUT2D eigenvalue weighted by molar-refractivity contribution is 6.31. The number of ether oxygens (including phenoxy) is 2. The monoisotopic (exact) mass is 581 g/mol. The maximum atomic E-state index is 13.5. The molecule has 2 aliphatic rings. The number of halogens is 2. The van der Waals surface area contributed by atoms with Gasteiger partial charge in [-0.1, -0.05) is 23.7 Å². The Morgan fingerprint density at radius 2 is 1.66 bits per heavy atom. The zero-order chi connectivity index (χ0) is 28.8. The summed E-state index contributed by atoms with van der Waals surface area (Å²) < 4.78 is 24.7. The molecule has 2 fully saturated rings. The van der Waals surface area contributed by atoms with E-state index in [9.17, 15) is 14.0 Å². The molecule has 1 atom stereocenters. The van der Waals surface area contributed by atoms with Crippen molar-refractivity contribution in [2.24, 2.45) is 0 Å². The summed E-state index contributed by atoms with van der Waals surface area (Å²) in [5.74, 6) is 0.0133. The molecule has 3 amide bonds. The first-order valence-corrected chi connectivity index (χ1v) is 14.0. The Hall–Kier alpha value is -4.02. The Kier molecular flexibility index (Phi) is 9.11. The van der Waals surface area contributed by atoms with E-state index in [1.54, 1.807) is 19.2 Å². The SMILES string of the molecule is COc1ccccc1N1CCN(c2ccc(NC(=O)Nc3ccc(F)c(Cl)c3)cc2C(=O)NCC2CCCO2)CC1. The Morgan fingerprint density at radius 3 is 2.34 bits per heavy atom. The smallest absolute Gasteiger partial charge is 0.323 e. The minimum absolute atomic E-state index is 0.00131. The lowest BCUT2D eigenvalue weighted by Gasteiger charge is -2.38. The topological polar surface area (TPSA) is 95.2 Å². The van der Waals surface area contributed by atoms with Crippen molar-refractivity contribution in [3.8, 4) is 5.75 Å². The van der Waals surface area contributed by atoms with Crippen LogP contribution in [-0.2, 0) is 4.74 Å². The second-order valence-corrected chi connectivity index (χ2v) is 10.3. The number of carbonyl (C=O) groups excluding carboxylic acids is 2. The number of rotatable bonds is 8. The van der Waals surface area contributed by atoms with Crippen LogP contribution in [0.2, 0.25) is 5.02 Å². The highest BCUT2D eigenvalue weighted by Gasteiger charge is 2.25. The van der Waals surface area contributed by atoms with Gasteiger partial charge in [0, 0.05) is 56.4 Å². The molecule has 0 spiro atoms. The molecule has 5 rings (SSSR count). The predicted molar refractivity (Wildman–Crippen MR) is 159 cm³/mol. The van der Waals surface area contributed by atoms with Gasteiger partial charge in [0.05, 0.1) is 29.5 Å². The van der Waals surface area contributed by atoms with Gasteiger partial charge in [0.2, 0.25) is 0 Å². The van der Waals surface area contributed by atoms with Crippen LogP contribution in [0.15, 0.2) is 60.7 Å². The second kappa shape index (κ2) is 13.1. The van der Waals surface area contributed by atoms with Gasteiger partial charge in [-0.2, -0.15) is 0 Å². The highest BCUT2D eigenvalue weighted by atomic mass is 35.5. The molecule has 2 heterocycles. The molecule has 0 aromatic heterocycles. The maximum Gasteiger partial charge on any atom is 0.323 e. The summed E-state index contributed by atoms with van der Waals surface area (Å²) in [6.07, 6.45) is 1.89. The molecule has 41 heavy (non-hydrogen) atoms. The van der Waals surface area contributed by atoms with Gasteiger partial charge in [0.1, 0.15) is 11.6 Å². The molecule has 11 heteroatoms. The van der Waals surface area contributed by atoms with Crippen LogP contribution in [0.4, 0.5) is 31.9 Å². The third-order valence-corrected chi connectivity index (χ3v) is 7.53. The average molecular weight is 582 g/mol. The lowest BCUT2D eigenvalue weighted by atomic mass is 10.1. The van der Waals surface area contributed by atoms with Gasteiger partial charge in [0.25, 0.3) is 5.91 Å². The van der Waals surface area contributed by atoms with Gasteiger partial charge in [-0.05, 0) is 61.4 Å². The summed E-state index contributed by atoms with van der Waals surface area (Å²) in [4.78, 5) is 30.6. The Labute approximate surface area is 243 Å². The maximum absolute atomic E-state index is 13.5. The van der Waals surface area contributed by atoms with Crippen LogP contribution < -0.4 is 30.5 Å². The fraction of sp³-hybridized carbons (Fsp3) is 0.333. The van der Waals surface area contributed by atoms with Crippen LogP contribution >= 0.6 is 11.6 Å². The number of hydrogen-bond acceptors (Lipinski definition) is 6. The van der Waals surface area contributed by atoms with Crippen molar-refractivity contribution in [3.05, 3.63) is 77.1 Å². The number of carbonyl (C=O) groups is 2. The molecule has 2 aliphatic heterocycles. The number of methoxy groups -OCH3 is 1. The van der Waals surface area contributed by atoms with Crippen molar-refractivity contribution < 1.29 is 23.5 Å². The molecule has 3 aromatic carbocycles. The molecular formula is C30H33ClFN5O4. The first-order valence-electron chi connectivity index (χ1n) is 13.6. The van der Waals surface area contributed by atoms with E-state index >= 15 is 0 Å². The molecule has 3 N–H and O–H groups in total. The minimum Gasteiger partial charge on any atom is -0.495 e. The summed E-state index contributed by atoms with van der Waals surface area (Å²) in [7, 11) is 1.67. The third kappa shape index (κ3) is 7.01. The predicted octanol–water partition coefficient (Wildman–Crippen LogP) is 5.37. The standard InChI is InChI=1S/C30H33ClFN5O4/c1-40-28-7-3-2-6-27(28)37-14-12-36(13-15-37)26-11-9-20(17-23(26)29(38)33-19-22-5-4-16-41-22)34-30(39)35-21-8-10-25(32)24(31)18-21/h2-3,6-11,17-18,22H,4-5,12-16,19H2,1H3,(H,33,38)(H2,34,35,39). The molecule has 0 aliphatic carbocycles. The lowest BCUT2D eigenvalue weighted by molar-refractivity contribution is 0.0858. The van der Waals surface area contributed by atoms with Crippen LogP contribution in [-0.4, -0.2) is 64.5 Å². The Balaban J connectivity index is 1.31. The van der Waals surface area contributed by atoms with E-state index in [4.69, 9.17) is 21.1 Å².